The number of rotatable bonds is 35. The molecule has 1 heterocycles. The van der Waals surface area contributed by atoms with Crippen LogP contribution in [0.15, 0.2) is 24.3 Å². The van der Waals surface area contributed by atoms with Crippen molar-refractivity contribution in [3.05, 3.63) is 24.3 Å². The summed E-state index contributed by atoms with van der Waals surface area (Å²) < 4.78 is 22.1. The van der Waals surface area contributed by atoms with E-state index in [1.807, 2.05) is 0 Å². The van der Waals surface area contributed by atoms with Crippen LogP contribution in [0.3, 0.4) is 0 Å². The van der Waals surface area contributed by atoms with Crippen molar-refractivity contribution >= 4 is 11.9 Å². The molecular formula is C43H78O10. The van der Waals surface area contributed by atoms with E-state index in [0.717, 1.165) is 57.8 Å². The third-order valence-electron chi connectivity index (χ3n) is 9.84. The summed E-state index contributed by atoms with van der Waals surface area (Å²) in [7, 11) is 0. The molecule has 0 aromatic carbocycles. The number of allylic oxidation sites excluding steroid dienone is 4. The lowest BCUT2D eigenvalue weighted by atomic mass is 9.99. The van der Waals surface area contributed by atoms with Gasteiger partial charge in [0.25, 0.3) is 0 Å². The molecule has 4 N–H and O–H groups in total. The van der Waals surface area contributed by atoms with E-state index in [1.165, 1.54) is 89.9 Å². The van der Waals surface area contributed by atoms with Crippen molar-refractivity contribution in [2.24, 2.45) is 0 Å². The number of carbonyl (C=O) groups is 2. The van der Waals surface area contributed by atoms with Crippen LogP contribution in [0.25, 0.3) is 0 Å². The highest BCUT2D eigenvalue weighted by Crippen LogP contribution is 2.22. The number of unbranched alkanes of at least 4 members (excludes halogenated alkanes) is 20. The van der Waals surface area contributed by atoms with Crippen LogP contribution >= 0.6 is 0 Å². The molecule has 1 fully saturated rings. The summed E-state index contributed by atoms with van der Waals surface area (Å²) in [6.07, 6.45) is 28.9. The van der Waals surface area contributed by atoms with Crippen molar-refractivity contribution in [1.29, 1.82) is 0 Å². The van der Waals surface area contributed by atoms with Gasteiger partial charge in [0.05, 0.1) is 13.2 Å². The van der Waals surface area contributed by atoms with Crippen LogP contribution in [-0.4, -0.2) is 89.0 Å². The summed E-state index contributed by atoms with van der Waals surface area (Å²) in [5.41, 5.74) is 0. The molecular weight excluding hydrogens is 676 g/mol. The van der Waals surface area contributed by atoms with Gasteiger partial charge < -0.3 is 39.4 Å². The van der Waals surface area contributed by atoms with Crippen LogP contribution in [0, 0.1) is 0 Å². The summed E-state index contributed by atoms with van der Waals surface area (Å²) >= 11 is 0. The first kappa shape index (κ1) is 49.2. The Morgan fingerprint density at radius 2 is 1.06 bits per heavy atom. The third kappa shape index (κ3) is 26.6. The molecule has 0 spiro atoms. The van der Waals surface area contributed by atoms with Crippen molar-refractivity contribution in [2.75, 3.05) is 19.8 Å². The normalized spacial score (nSPS) is 21.1. The van der Waals surface area contributed by atoms with Gasteiger partial charge in [-0.15, -0.1) is 0 Å². The first-order valence-corrected chi connectivity index (χ1v) is 21.4. The maximum absolute atomic E-state index is 12.7. The average molecular weight is 755 g/mol. The highest BCUT2D eigenvalue weighted by atomic mass is 16.7. The largest absolute Gasteiger partial charge is 0.462 e. The van der Waals surface area contributed by atoms with Crippen LogP contribution in [0.1, 0.15) is 181 Å². The zero-order valence-corrected chi connectivity index (χ0v) is 33.5. The Hall–Kier alpha value is -1.82. The van der Waals surface area contributed by atoms with Crippen molar-refractivity contribution in [3.63, 3.8) is 0 Å². The summed E-state index contributed by atoms with van der Waals surface area (Å²) in [4.78, 5) is 25.2. The number of ether oxygens (including phenoxy) is 4. The van der Waals surface area contributed by atoms with Gasteiger partial charge in [0, 0.05) is 12.8 Å². The third-order valence-corrected chi connectivity index (χ3v) is 9.84. The minimum Gasteiger partial charge on any atom is -0.462 e. The van der Waals surface area contributed by atoms with Crippen molar-refractivity contribution in [1.82, 2.24) is 0 Å². The second-order valence-corrected chi connectivity index (χ2v) is 14.8. The smallest absolute Gasteiger partial charge is 0.306 e. The van der Waals surface area contributed by atoms with E-state index in [2.05, 4.69) is 38.2 Å². The SMILES string of the molecule is CCCCCC=CCC=CCCCCCCCC(=O)OC(COC(=O)CCCCCCCCCCCCCCC)COC1OC(CO)C(O)C(O)C1O. The van der Waals surface area contributed by atoms with E-state index in [0.29, 0.717) is 6.42 Å². The molecule has 53 heavy (non-hydrogen) atoms. The molecule has 0 radical (unpaired) electrons. The zero-order chi connectivity index (χ0) is 38.8. The van der Waals surface area contributed by atoms with Gasteiger partial charge in [0.2, 0.25) is 0 Å². The van der Waals surface area contributed by atoms with Gasteiger partial charge in [-0.3, -0.25) is 9.59 Å². The molecule has 6 unspecified atom stereocenters. The predicted octanol–water partition coefficient (Wildman–Crippen LogP) is 8.55. The molecule has 1 aliphatic rings. The Kier molecular flexibility index (Phi) is 32.2. The standard InChI is InChI=1S/C43H78O10/c1-3-5-7-9-11-13-15-17-18-20-22-24-26-28-30-32-39(46)52-36(35-51-43-42(49)41(48)40(47)37(33-44)53-43)34-50-38(45)31-29-27-25-23-21-19-16-14-12-10-8-6-4-2/h11,13,17-18,36-37,40-44,47-49H,3-10,12,14-16,19-35H2,1-2H3. The Balaban J connectivity index is 2.36. The molecule has 6 atom stereocenters. The second kappa shape index (κ2) is 34.7. The Labute approximate surface area is 322 Å². The van der Waals surface area contributed by atoms with Gasteiger partial charge in [0.1, 0.15) is 31.0 Å². The van der Waals surface area contributed by atoms with Gasteiger partial charge in [-0.1, -0.05) is 147 Å². The molecule has 0 aromatic rings. The molecule has 0 amide bonds. The Morgan fingerprint density at radius 3 is 1.60 bits per heavy atom. The average Bonchev–Trinajstić information content (AvgIpc) is 3.15. The number of aliphatic hydroxyl groups excluding tert-OH is 4. The molecule has 1 rings (SSSR count). The van der Waals surface area contributed by atoms with Crippen molar-refractivity contribution < 1.29 is 49.0 Å². The van der Waals surface area contributed by atoms with E-state index in [-0.39, 0.29) is 32.0 Å². The van der Waals surface area contributed by atoms with Crippen molar-refractivity contribution in [2.45, 2.75) is 218 Å². The number of aliphatic hydroxyl groups is 4. The fourth-order valence-electron chi connectivity index (χ4n) is 6.39. The monoisotopic (exact) mass is 755 g/mol. The first-order valence-electron chi connectivity index (χ1n) is 21.4. The van der Waals surface area contributed by atoms with Gasteiger partial charge in [-0.05, 0) is 44.9 Å². The highest BCUT2D eigenvalue weighted by Gasteiger charge is 2.44. The molecule has 1 saturated heterocycles. The van der Waals surface area contributed by atoms with E-state index in [1.54, 1.807) is 0 Å². The van der Waals surface area contributed by atoms with Crippen LogP contribution in [-0.2, 0) is 28.5 Å². The molecule has 0 saturated carbocycles. The lowest BCUT2D eigenvalue weighted by molar-refractivity contribution is -0.305. The maximum Gasteiger partial charge on any atom is 0.306 e. The molecule has 310 valence electrons. The van der Waals surface area contributed by atoms with E-state index in [9.17, 15) is 30.0 Å². The van der Waals surface area contributed by atoms with E-state index < -0.39 is 49.4 Å². The van der Waals surface area contributed by atoms with Gasteiger partial charge >= 0.3 is 11.9 Å². The van der Waals surface area contributed by atoms with Gasteiger partial charge in [0.15, 0.2) is 12.4 Å². The van der Waals surface area contributed by atoms with E-state index >= 15 is 0 Å². The highest BCUT2D eigenvalue weighted by molar-refractivity contribution is 5.70. The second-order valence-electron chi connectivity index (χ2n) is 14.8. The zero-order valence-electron chi connectivity index (χ0n) is 33.5. The van der Waals surface area contributed by atoms with Crippen LogP contribution < -0.4 is 0 Å². The lowest BCUT2D eigenvalue weighted by Crippen LogP contribution is -2.59. The predicted molar refractivity (Wildman–Crippen MR) is 210 cm³/mol. The van der Waals surface area contributed by atoms with Crippen molar-refractivity contribution in [3.8, 4) is 0 Å². The molecule has 10 heteroatoms. The molecule has 1 aliphatic heterocycles. The Morgan fingerprint density at radius 1 is 0.585 bits per heavy atom. The van der Waals surface area contributed by atoms with Crippen LogP contribution in [0.4, 0.5) is 0 Å². The quantitative estimate of drug-likeness (QED) is 0.0281. The van der Waals surface area contributed by atoms with Crippen LogP contribution in [0.2, 0.25) is 0 Å². The molecule has 10 nitrogen and oxygen atoms in total. The lowest BCUT2D eigenvalue weighted by Gasteiger charge is -2.39. The summed E-state index contributed by atoms with van der Waals surface area (Å²) in [5.74, 6) is -0.818. The Bertz CT molecular complexity index is 923. The summed E-state index contributed by atoms with van der Waals surface area (Å²) in [5, 5.41) is 40.0. The molecule has 0 aliphatic carbocycles. The van der Waals surface area contributed by atoms with E-state index in [4.69, 9.17) is 18.9 Å². The fourth-order valence-corrected chi connectivity index (χ4v) is 6.39. The fraction of sp³-hybridized carbons (Fsp3) is 0.860. The summed E-state index contributed by atoms with van der Waals surface area (Å²) in [6.45, 7) is 3.38. The maximum atomic E-state index is 12.7. The minimum absolute atomic E-state index is 0.216. The topological polar surface area (TPSA) is 152 Å². The number of esters is 2. The number of hydrogen-bond acceptors (Lipinski definition) is 10. The number of carbonyl (C=O) groups excluding carboxylic acids is 2. The molecule has 0 bridgehead atoms. The minimum atomic E-state index is -1.59. The summed E-state index contributed by atoms with van der Waals surface area (Å²) in [6, 6.07) is 0. The van der Waals surface area contributed by atoms with Gasteiger partial charge in [-0.25, -0.2) is 0 Å². The first-order chi connectivity index (χ1) is 25.8. The number of hydrogen-bond donors (Lipinski definition) is 4. The van der Waals surface area contributed by atoms with Crippen LogP contribution in [0.5, 0.6) is 0 Å². The van der Waals surface area contributed by atoms with Gasteiger partial charge in [-0.2, -0.15) is 0 Å². The molecule has 0 aromatic heterocycles.